The smallest absolute Gasteiger partial charge is 0.225 e. The van der Waals surface area contributed by atoms with E-state index in [2.05, 4.69) is 15.1 Å². The summed E-state index contributed by atoms with van der Waals surface area (Å²) in [4.78, 5) is 17.1. The van der Waals surface area contributed by atoms with Gasteiger partial charge in [-0.25, -0.2) is 0 Å². The van der Waals surface area contributed by atoms with Crippen LogP contribution in [0.3, 0.4) is 0 Å². The topological polar surface area (TPSA) is 44.8 Å². The number of carbonyl (C=O) groups is 1. The minimum absolute atomic E-state index is 0.268. The molecule has 0 radical (unpaired) electrons. The quantitative estimate of drug-likeness (QED) is 0.760. The Bertz CT molecular complexity index is 312. The molecule has 0 aromatic heterocycles. The van der Waals surface area contributed by atoms with Crippen molar-refractivity contribution in [2.45, 2.75) is 25.3 Å². The minimum atomic E-state index is 0.268. The van der Waals surface area contributed by atoms with Gasteiger partial charge in [0.25, 0.3) is 0 Å². The van der Waals surface area contributed by atoms with Gasteiger partial charge in [-0.3, -0.25) is 9.69 Å². The third-order valence-electron chi connectivity index (χ3n) is 4.73. The number of likely N-dealkylation sites (tertiary alicyclic amines) is 1. The van der Waals surface area contributed by atoms with Crippen LogP contribution in [0.5, 0.6) is 0 Å². The Morgan fingerprint density at radius 3 is 2.53 bits per heavy atom. The molecular weight excluding hydrogens is 242 g/mol. The van der Waals surface area contributed by atoms with E-state index in [0.29, 0.717) is 11.9 Å². The molecular formula is C14H25N3O2. The number of rotatable bonds is 2. The van der Waals surface area contributed by atoms with Gasteiger partial charge in [-0.1, -0.05) is 0 Å². The number of morpholine rings is 1. The van der Waals surface area contributed by atoms with Crippen LogP contribution >= 0.6 is 0 Å². The summed E-state index contributed by atoms with van der Waals surface area (Å²) in [7, 11) is 0. The number of piperidine rings is 1. The van der Waals surface area contributed by atoms with E-state index in [0.717, 1.165) is 71.7 Å². The monoisotopic (exact) mass is 267 g/mol. The number of carbonyl (C=O) groups excluding carboxylic acids is 1. The molecule has 0 bridgehead atoms. The zero-order valence-electron chi connectivity index (χ0n) is 11.6. The van der Waals surface area contributed by atoms with Crippen LogP contribution in [0, 0.1) is 5.92 Å². The molecule has 3 heterocycles. The lowest BCUT2D eigenvalue weighted by Crippen LogP contribution is -2.46. The fourth-order valence-corrected chi connectivity index (χ4v) is 3.51. The number of hydrogen-bond acceptors (Lipinski definition) is 4. The Morgan fingerprint density at radius 1 is 1.05 bits per heavy atom. The van der Waals surface area contributed by atoms with Gasteiger partial charge in [-0.05, 0) is 32.4 Å². The van der Waals surface area contributed by atoms with Crippen LogP contribution < -0.4 is 5.32 Å². The van der Waals surface area contributed by atoms with Gasteiger partial charge in [0.05, 0.1) is 13.2 Å². The molecule has 1 amide bonds. The lowest BCUT2D eigenvalue weighted by Gasteiger charge is -2.32. The average Bonchev–Trinajstić information content (AvgIpc) is 2.98. The summed E-state index contributed by atoms with van der Waals surface area (Å²) in [5.74, 6) is 0.668. The van der Waals surface area contributed by atoms with Crippen LogP contribution in [0.1, 0.15) is 19.3 Å². The second-order valence-electron chi connectivity index (χ2n) is 5.90. The first-order chi connectivity index (χ1) is 9.34. The fourth-order valence-electron chi connectivity index (χ4n) is 3.51. The molecule has 19 heavy (non-hydrogen) atoms. The summed E-state index contributed by atoms with van der Waals surface area (Å²) in [6, 6.07) is 0.564. The van der Waals surface area contributed by atoms with E-state index in [1.54, 1.807) is 0 Å². The highest BCUT2D eigenvalue weighted by atomic mass is 16.5. The predicted molar refractivity (Wildman–Crippen MR) is 73.0 cm³/mol. The molecule has 5 heteroatoms. The van der Waals surface area contributed by atoms with Crippen LogP contribution in [0.15, 0.2) is 0 Å². The van der Waals surface area contributed by atoms with Crippen molar-refractivity contribution >= 4 is 5.91 Å². The van der Waals surface area contributed by atoms with Crippen molar-refractivity contribution in [3.8, 4) is 0 Å². The van der Waals surface area contributed by atoms with Crippen molar-refractivity contribution in [3.05, 3.63) is 0 Å². The number of amides is 1. The Labute approximate surface area is 115 Å². The molecule has 108 valence electrons. The minimum Gasteiger partial charge on any atom is -0.379 e. The normalized spacial score (nSPS) is 30.7. The zero-order valence-corrected chi connectivity index (χ0v) is 11.6. The van der Waals surface area contributed by atoms with E-state index in [9.17, 15) is 4.79 Å². The fraction of sp³-hybridized carbons (Fsp3) is 0.929. The first kappa shape index (κ1) is 13.3. The van der Waals surface area contributed by atoms with Crippen molar-refractivity contribution in [1.82, 2.24) is 15.1 Å². The van der Waals surface area contributed by atoms with Crippen LogP contribution in [0.2, 0.25) is 0 Å². The molecule has 0 aromatic carbocycles. The lowest BCUT2D eigenvalue weighted by atomic mass is 9.97. The maximum atomic E-state index is 12.5. The van der Waals surface area contributed by atoms with Gasteiger partial charge in [0, 0.05) is 38.1 Å². The third-order valence-corrected chi connectivity index (χ3v) is 4.73. The molecule has 1 N–H and O–H groups in total. The molecule has 0 aromatic rings. The standard InChI is InChI=1S/C14H25N3O2/c18-14(12-1-4-15-5-2-12)17-6-3-13(11-17)16-7-9-19-10-8-16/h12-13,15H,1-11H2. The van der Waals surface area contributed by atoms with E-state index in [1.165, 1.54) is 0 Å². The Balaban J connectivity index is 1.51. The molecule has 3 saturated heterocycles. The predicted octanol–water partition coefficient (Wildman–Crippen LogP) is -0.0809. The summed E-state index contributed by atoms with van der Waals surface area (Å²) in [6.07, 6.45) is 3.16. The molecule has 0 spiro atoms. The van der Waals surface area contributed by atoms with Gasteiger partial charge in [0.1, 0.15) is 0 Å². The van der Waals surface area contributed by atoms with E-state index in [4.69, 9.17) is 4.74 Å². The molecule has 3 aliphatic rings. The zero-order chi connectivity index (χ0) is 13.1. The van der Waals surface area contributed by atoms with Gasteiger partial charge < -0.3 is 15.0 Å². The first-order valence-electron chi connectivity index (χ1n) is 7.66. The molecule has 3 aliphatic heterocycles. The second-order valence-corrected chi connectivity index (χ2v) is 5.90. The highest BCUT2D eigenvalue weighted by Crippen LogP contribution is 2.22. The molecule has 1 unspecified atom stereocenters. The van der Waals surface area contributed by atoms with Crippen molar-refractivity contribution in [2.75, 3.05) is 52.5 Å². The Kier molecular flexibility index (Phi) is 4.35. The first-order valence-corrected chi connectivity index (χ1v) is 7.66. The van der Waals surface area contributed by atoms with Crippen molar-refractivity contribution in [3.63, 3.8) is 0 Å². The van der Waals surface area contributed by atoms with Crippen LogP contribution in [-0.2, 0) is 9.53 Å². The van der Waals surface area contributed by atoms with Crippen molar-refractivity contribution in [2.24, 2.45) is 5.92 Å². The Morgan fingerprint density at radius 2 is 1.79 bits per heavy atom. The van der Waals surface area contributed by atoms with Gasteiger partial charge in [0.2, 0.25) is 5.91 Å². The van der Waals surface area contributed by atoms with Gasteiger partial charge in [-0.2, -0.15) is 0 Å². The number of ether oxygens (including phenoxy) is 1. The summed E-state index contributed by atoms with van der Waals surface area (Å²) < 4.78 is 5.40. The molecule has 0 saturated carbocycles. The summed E-state index contributed by atoms with van der Waals surface area (Å²) in [6.45, 7) is 7.62. The van der Waals surface area contributed by atoms with E-state index in [-0.39, 0.29) is 5.92 Å². The maximum Gasteiger partial charge on any atom is 0.225 e. The van der Waals surface area contributed by atoms with E-state index >= 15 is 0 Å². The summed E-state index contributed by atoms with van der Waals surface area (Å²) >= 11 is 0. The second kappa shape index (κ2) is 6.20. The van der Waals surface area contributed by atoms with Crippen molar-refractivity contribution < 1.29 is 9.53 Å². The Hall–Kier alpha value is -0.650. The van der Waals surface area contributed by atoms with Gasteiger partial charge in [0.15, 0.2) is 0 Å². The SMILES string of the molecule is O=C(C1CCNCC1)N1CCC(N2CCOCC2)C1. The molecule has 1 atom stereocenters. The third kappa shape index (κ3) is 3.09. The molecule has 3 fully saturated rings. The molecule has 0 aliphatic carbocycles. The summed E-state index contributed by atoms with van der Waals surface area (Å²) in [5.41, 5.74) is 0. The average molecular weight is 267 g/mol. The highest BCUT2D eigenvalue weighted by molar-refractivity contribution is 5.79. The highest BCUT2D eigenvalue weighted by Gasteiger charge is 2.34. The van der Waals surface area contributed by atoms with Crippen molar-refractivity contribution in [1.29, 1.82) is 0 Å². The summed E-state index contributed by atoms with van der Waals surface area (Å²) in [5, 5.41) is 3.33. The van der Waals surface area contributed by atoms with Gasteiger partial charge in [-0.15, -0.1) is 0 Å². The van der Waals surface area contributed by atoms with Crippen LogP contribution in [0.25, 0.3) is 0 Å². The maximum absolute atomic E-state index is 12.5. The van der Waals surface area contributed by atoms with Gasteiger partial charge >= 0.3 is 0 Å². The number of hydrogen-bond donors (Lipinski definition) is 1. The largest absolute Gasteiger partial charge is 0.379 e. The number of nitrogens with one attached hydrogen (secondary N) is 1. The molecule has 3 rings (SSSR count). The lowest BCUT2D eigenvalue weighted by molar-refractivity contribution is -0.135. The van der Waals surface area contributed by atoms with Crippen LogP contribution in [0.4, 0.5) is 0 Å². The van der Waals surface area contributed by atoms with Crippen LogP contribution in [-0.4, -0.2) is 74.2 Å². The molecule has 5 nitrogen and oxygen atoms in total. The number of nitrogens with zero attached hydrogens (tertiary/aromatic N) is 2. The van der Waals surface area contributed by atoms with E-state index in [1.807, 2.05) is 0 Å². The van der Waals surface area contributed by atoms with E-state index < -0.39 is 0 Å².